The largest absolute Gasteiger partial charge is 0.340 e. The zero-order valence-electron chi connectivity index (χ0n) is 13.7. The quantitative estimate of drug-likeness (QED) is 0.854. The average molecular weight is 373 g/mol. The predicted molar refractivity (Wildman–Crippen MR) is 87.0 cm³/mol. The summed E-state index contributed by atoms with van der Waals surface area (Å²) in [7, 11) is -4.05. The summed E-state index contributed by atoms with van der Waals surface area (Å²) in [6, 6.07) is 2.45. The molecule has 2 unspecified atom stereocenters. The summed E-state index contributed by atoms with van der Waals surface area (Å²) in [5.74, 6) is -2.02. The number of hydrogen-bond acceptors (Lipinski definition) is 4. The Hall–Kier alpha value is -1.58. The van der Waals surface area contributed by atoms with Crippen LogP contribution in [-0.4, -0.2) is 55.8 Å². The monoisotopic (exact) mass is 373 g/mol. The molecule has 2 fully saturated rings. The van der Waals surface area contributed by atoms with Crippen LogP contribution >= 0.6 is 0 Å². The zero-order valence-corrected chi connectivity index (χ0v) is 14.5. The van der Waals surface area contributed by atoms with Gasteiger partial charge in [0.1, 0.15) is 16.5 Å². The van der Waals surface area contributed by atoms with Gasteiger partial charge in [-0.15, -0.1) is 0 Å². The molecule has 6 nitrogen and oxygen atoms in total. The van der Waals surface area contributed by atoms with E-state index >= 15 is 0 Å². The van der Waals surface area contributed by atoms with Gasteiger partial charge in [-0.25, -0.2) is 17.2 Å². The van der Waals surface area contributed by atoms with E-state index in [1.165, 1.54) is 0 Å². The maximum Gasteiger partial charge on any atom is 0.246 e. The summed E-state index contributed by atoms with van der Waals surface area (Å²) in [5.41, 5.74) is 5.84. The molecule has 1 saturated carbocycles. The van der Waals surface area contributed by atoms with Crippen LogP contribution in [0.15, 0.2) is 23.1 Å². The number of nitrogens with zero attached hydrogens (tertiary/aromatic N) is 2. The minimum atomic E-state index is -4.05. The van der Waals surface area contributed by atoms with Gasteiger partial charge in [0.15, 0.2) is 0 Å². The van der Waals surface area contributed by atoms with Gasteiger partial charge in [0.25, 0.3) is 0 Å². The second-order valence-corrected chi connectivity index (χ2v) is 8.48. The Balaban J connectivity index is 1.66. The van der Waals surface area contributed by atoms with Crippen LogP contribution in [-0.2, 0) is 14.8 Å². The Kier molecular flexibility index (Phi) is 5.08. The molecular formula is C16H21F2N3O3S. The van der Waals surface area contributed by atoms with Crippen LogP contribution in [0.25, 0.3) is 0 Å². The molecule has 1 aliphatic carbocycles. The van der Waals surface area contributed by atoms with Crippen LogP contribution in [0.4, 0.5) is 8.78 Å². The SMILES string of the molecule is NC1CCC(C(=O)N2CCN(S(=O)(=O)c3ccc(F)cc3F)CC2)C1. The first kappa shape index (κ1) is 18.2. The number of sulfonamides is 1. The molecule has 9 heteroatoms. The van der Waals surface area contributed by atoms with Gasteiger partial charge in [-0.1, -0.05) is 0 Å². The highest BCUT2D eigenvalue weighted by molar-refractivity contribution is 7.89. The Labute approximate surface area is 145 Å². The van der Waals surface area contributed by atoms with Crippen molar-refractivity contribution in [1.82, 2.24) is 9.21 Å². The Morgan fingerprint density at radius 1 is 1.12 bits per heavy atom. The highest BCUT2D eigenvalue weighted by atomic mass is 32.2. The van der Waals surface area contributed by atoms with Gasteiger partial charge in [-0.2, -0.15) is 4.31 Å². The summed E-state index contributed by atoms with van der Waals surface area (Å²) >= 11 is 0. The van der Waals surface area contributed by atoms with E-state index in [9.17, 15) is 22.0 Å². The number of halogens is 2. The van der Waals surface area contributed by atoms with E-state index in [1.54, 1.807) is 4.90 Å². The first-order valence-electron chi connectivity index (χ1n) is 8.28. The number of amides is 1. The molecule has 0 aromatic heterocycles. The normalized spacial score (nSPS) is 25.3. The van der Waals surface area contributed by atoms with Crippen molar-refractivity contribution >= 4 is 15.9 Å². The van der Waals surface area contributed by atoms with Crippen LogP contribution in [0.5, 0.6) is 0 Å². The first-order valence-corrected chi connectivity index (χ1v) is 9.72. The van der Waals surface area contributed by atoms with Crippen molar-refractivity contribution in [2.75, 3.05) is 26.2 Å². The Bertz CT molecular complexity index is 764. The van der Waals surface area contributed by atoms with Crippen LogP contribution in [0, 0.1) is 17.6 Å². The molecule has 0 spiro atoms. The van der Waals surface area contributed by atoms with Crippen molar-refractivity contribution in [3.05, 3.63) is 29.8 Å². The fraction of sp³-hybridized carbons (Fsp3) is 0.562. The van der Waals surface area contributed by atoms with Crippen molar-refractivity contribution < 1.29 is 22.0 Å². The van der Waals surface area contributed by atoms with Crippen molar-refractivity contribution in [2.45, 2.75) is 30.2 Å². The third-order valence-electron chi connectivity index (χ3n) is 4.88. The molecular weight excluding hydrogens is 352 g/mol. The van der Waals surface area contributed by atoms with Crippen molar-refractivity contribution in [3.8, 4) is 0 Å². The standard InChI is InChI=1S/C16H21F2N3O3S/c17-12-2-4-15(14(18)10-12)25(23,24)21-7-5-20(6-8-21)16(22)11-1-3-13(19)9-11/h2,4,10-11,13H,1,3,5-9,19H2. The van der Waals surface area contributed by atoms with Crippen molar-refractivity contribution in [3.63, 3.8) is 0 Å². The summed E-state index contributed by atoms with van der Waals surface area (Å²) in [5, 5.41) is 0. The second-order valence-electron chi connectivity index (χ2n) is 6.57. The number of rotatable bonds is 3. The number of carbonyl (C=O) groups is 1. The van der Waals surface area contributed by atoms with Gasteiger partial charge in [-0.3, -0.25) is 4.79 Å². The molecule has 2 atom stereocenters. The van der Waals surface area contributed by atoms with E-state index in [0.717, 1.165) is 29.3 Å². The molecule has 1 heterocycles. The first-order chi connectivity index (χ1) is 11.8. The van der Waals surface area contributed by atoms with E-state index < -0.39 is 26.6 Å². The lowest BCUT2D eigenvalue weighted by atomic mass is 10.1. The second kappa shape index (κ2) is 6.97. The van der Waals surface area contributed by atoms with E-state index in [1.807, 2.05) is 0 Å². The van der Waals surface area contributed by atoms with Crippen LogP contribution in [0.1, 0.15) is 19.3 Å². The number of hydrogen-bond donors (Lipinski definition) is 1. The molecule has 1 aromatic carbocycles. The predicted octanol–water partition coefficient (Wildman–Crippen LogP) is 0.925. The lowest BCUT2D eigenvalue weighted by Gasteiger charge is -2.35. The maximum atomic E-state index is 13.8. The van der Waals surface area contributed by atoms with Gasteiger partial charge in [0.05, 0.1) is 0 Å². The summed E-state index contributed by atoms with van der Waals surface area (Å²) in [4.78, 5) is 13.6. The Morgan fingerprint density at radius 3 is 2.36 bits per heavy atom. The molecule has 138 valence electrons. The highest BCUT2D eigenvalue weighted by Crippen LogP contribution is 2.27. The topological polar surface area (TPSA) is 83.7 Å². The summed E-state index contributed by atoms with van der Waals surface area (Å²) < 4.78 is 53.0. The highest BCUT2D eigenvalue weighted by Gasteiger charge is 2.35. The lowest BCUT2D eigenvalue weighted by molar-refractivity contribution is -0.136. The lowest BCUT2D eigenvalue weighted by Crippen LogP contribution is -2.51. The smallest absolute Gasteiger partial charge is 0.246 e. The van der Waals surface area contributed by atoms with E-state index in [0.29, 0.717) is 12.5 Å². The van der Waals surface area contributed by atoms with Gasteiger partial charge in [-0.05, 0) is 31.4 Å². The third-order valence-corrected chi connectivity index (χ3v) is 6.82. The molecule has 3 rings (SSSR count). The fourth-order valence-electron chi connectivity index (χ4n) is 3.47. The van der Waals surface area contributed by atoms with Crippen LogP contribution in [0.3, 0.4) is 0 Å². The van der Waals surface area contributed by atoms with Crippen molar-refractivity contribution in [1.29, 1.82) is 0 Å². The zero-order chi connectivity index (χ0) is 18.2. The Morgan fingerprint density at radius 2 is 1.80 bits per heavy atom. The number of piperazine rings is 1. The van der Waals surface area contributed by atoms with Crippen molar-refractivity contribution in [2.24, 2.45) is 11.7 Å². The minimum absolute atomic E-state index is 0.0120. The summed E-state index contributed by atoms with van der Waals surface area (Å²) in [6.45, 7) is 0.687. The molecule has 2 N–H and O–H groups in total. The van der Waals surface area contributed by atoms with Gasteiger partial charge < -0.3 is 10.6 Å². The van der Waals surface area contributed by atoms with E-state index in [4.69, 9.17) is 5.73 Å². The van der Waals surface area contributed by atoms with Crippen LogP contribution < -0.4 is 5.73 Å². The van der Waals surface area contributed by atoms with Gasteiger partial charge in [0.2, 0.25) is 15.9 Å². The minimum Gasteiger partial charge on any atom is -0.340 e. The van der Waals surface area contributed by atoms with E-state index in [-0.39, 0.29) is 44.0 Å². The molecule has 2 aliphatic rings. The molecule has 1 amide bonds. The van der Waals surface area contributed by atoms with Gasteiger partial charge >= 0.3 is 0 Å². The van der Waals surface area contributed by atoms with E-state index in [2.05, 4.69) is 0 Å². The number of carbonyl (C=O) groups excluding carboxylic acids is 1. The molecule has 1 aromatic rings. The third kappa shape index (κ3) is 3.68. The molecule has 0 radical (unpaired) electrons. The summed E-state index contributed by atoms with van der Waals surface area (Å²) in [6.07, 6.45) is 2.26. The molecule has 1 aliphatic heterocycles. The molecule has 1 saturated heterocycles. The van der Waals surface area contributed by atoms with Crippen LogP contribution in [0.2, 0.25) is 0 Å². The fourth-order valence-corrected chi connectivity index (χ4v) is 4.94. The average Bonchev–Trinajstić information content (AvgIpc) is 3.00. The molecule has 0 bridgehead atoms. The number of benzene rings is 1. The van der Waals surface area contributed by atoms with Gasteiger partial charge in [0, 0.05) is 44.2 Å². The maximum absolute atomic E-state index is 13.8. The number of nitrogens with two attached hydrogens (primary N) is 1. The molecule has 25 heavy (non-hydrogen) atoms.